The van der Waals surface area contributed by atoms with Gasteiger partial charge < -0.3 is 0 Å². The van der Waals surface area contributed by atoms with Crippen LogP contribution in [0.15, 0.2) is 0 Å². The Kier molecular flexibility index (Phi) is 3.00. The summed E-state index contributed by atoms with van der Waals surface area (Å²) >= 11 is 0. The number of carbonyl (C=O) groups is 3. The summed E-state index contributed by atoms with van der Waals surface area (Å²) in [4.78, 5) is 37.1. The molecular formula is C19H26O3. The average Bonchev–Trinajstić information content (AvgIpc) is 2.77. The maximum atomic E-state index is 12.9. The Bertz CT molecular complexity index is 565. The van der Waals surface area contributed by atoms with Crippen molar-refractivity contribution in [3.8, 4) is 0 Å². The fourth-order valence-corrected chi connectivity index (χ4v) is 6.50. The fourth-order valence-electron chi connectivity index (χ4n) is 6.50. The van der Waals surface area contributed by atoms with Crippen LogP contribution in [0, 0.1) is 34.5 Å². The summed E-state index contributed by atoms with van der Waals surface area (Å²) in [5.74, 6) is 2.08. The molecule has 22 heavy (non-hydrogen) atoms. The number of fused-ring (bicyclic) bond motifs is 5. The first kappa shape index (κ1) is 14.6. The van der Waals surface area contributed by atoms with Gasteiger partial charge in [-0.15, -0.1) is 0 Å². The van der Waals surface area contributed by atoms with Crippen LogP contribution in [0.5, 0.6) is 0 Å². The zero-order chi connectivity index (χ0) is 15.7. The molecule has 0 spiro atoms. The Balaban J connectivity index is 1.72. The molecular weight excluding hydrogens is 276 g/mol. The van der Waals surface area contributed by atoms with Gasteiger partial charge in [0.2, 0.25) is 0 Å². The van der Waals surface area contributed by atoms with Gasteiger partial charge >= 0.3 is 0 Å². The van der Waals surface area contributed by atoms with Crippen molar-refractivity contribution in [3.05, 3.63) is 0 Å². The molecule has 0 heterocycles. The smallest absolute Gasteiger partial charge is 0.139 e. The standard InChI is InChI=1S/C19H26O3/c1-18-7-5-12(20)9-11(18)10-15(21)17-13-3-4-16(22)19(13,2)8-6-14(17)18/h11,13-14,17H,3-10H2,1-2H3/t11-,13-,14-,17-,18+,19-/m1/s1. The predicted molar refractivity (Wildman–Crippen MR) is 82.1 cm³/mol. The highest BCUT2D eigenvalue weighted by molar-refractivity contribution is 5.91. The van der Waals surface area contributed by atoms with Crippen molar-refractivity contribution in [1.82, 2.24) is 0 Å². The summed E-state index contributed by atoms with van der Waals surface area (Å²) in [6, 6.07) is 0. The molecule has 0 amide bonds. The minimum atomic E-state index is -0.246. The lowest BCUT2D eigenvalue weighted by atomic mass is 9.45. The lowest BCUT2D eigenvalue weighted by Gasteiger charge is -2.58. The van der Waals surface area contributed by atoms with Crippen LogP contribution in [0.4, 0.5) is 0 Å². The summed E-state index contributed by atoms with van der Waals surface area (Å²) in [5.41, 5.74) is -0.107. The molecule has 0 aromatic rings. The van der Waals surface area contributed by atoms with Crippen molar-refractivity contribution in [2.45, 2.75) is 65.2 Å². The molecule has 0 aromatic heterocycles. The monoisotopic (exact) mass is 302 g/mol. The van der Waals surface area contributed by atoms with Crippen LogP contribution in [0.1, 0.15) is 65.2 Å². The molecule has 0 aliphatic heterocycles. The van der Waals surface area contributed by atoms with Crippen LogP contribution in [0.2, 0.25) is 0 Å². The highest BCUT2D eigenvalue weighted by Crippen LogP contribution is 2.64. The second kappa shape index (κ2) is 4.52. The molecule has 120 valence electrons. The van der Waals surface area contributed by atoms with E-state index in [0.29, 0.717) is 49.0 Å². The van der Waals surface area contributed by atoms with Crippen LogP contribution in [-0.4, -0.2) is 17.3 Å². The zero-order valence-electron chi connectivity index (χ0n) is 13.7. The van der Waals surface area contributed by atoms with E-state index in [0.717, 1.165) is 25.7 Å². The van der Waals surface area contributed by atoms with Gasteiger partial charge in [0.05, 0.1) is 0 Å². The summed E-state index contributed by atoms with van der Waals surface area (Å²) < 4.78 is 0. The third-order valence-electron chi connectivity index (χ3n) is 8.00. The summed E-state index contributed by atoms with van der Waals surface area (Å²) in [6.45, 7) is 4.43. The van der Waals surface area contributed by atoms with Gasteiger partial charge in [0.1, 0.15) is 17.3 Å². The summed E-state index contributed by atoms with van der Waals surface area (Å²) in [5, 5.41) is 0. The van der Waals surface area contributed by atoms with Gasteiger partial charge in [0, 0.05) is 37.0 Å². The first-order valence-electron chi connectivity index (χ1n) is 8.94. The quantitative estimate of drug-likeness (QED) is 0.689. The Morgan fingerprint density at radius 1 is 0.909 bits per heavy atom. The topological polar surface area (TPSA) is 51.2 Å². The zero-order valence-corrected chi connectivity index (χ0v) is 13.7. The van der Waals surface area contributed by atoms with Crippen molar-refractivity contribution in [3.63, 3.8) is 0 Å². The first-order chi connectivity index (χ1) is 10.4. The third kappa shape index (κ3) is 1.71. The van der Waals surface area contributed by atoms with Gasteiger partial charge in [-0.3, -0.25) is 14.4 Å². The second-order valence-corrected chi connectivity index (χ2v) is 8.77. The van der Waals surface area contributed by atoms with Gasteiger partial charge in [-0.2, -0.15) is 0 Å². The Morgan fingerprint density at radius 3 is 2.45 bits per heavy atom. The minimum Gasteiger partial charge on any atom is -0.300 e. The van der Waals surface area contributed by atoms with Gasteiger partial charge in [0.25, 0.3) is 0 Å². The molecule has 0 saturated heterocycles. The Labute approximate surface area is 132 Å². The van der Waals surface area contributed by atoms with E-state index in [1.165, 1.54) is 0 Å². The predicted octanol–water partition coefficient (Wildman–Crippen LogP) is 3.35. The number of carbonyl (C=O) groups excluding carboxylic acids is 3. The number of hydrogen-bond donors (Lipinski definition) is 0. The van der Waals surface area contributed by atoms with Gasteiger partial charge in [-0.05, 0) is 48.9 Å². The first-order valence-corrected chi connectivity index (χ1v) is 8.94. The molecule has 0 radical (unpaired) electrons. The minimum absolute atomic E-state index is 0.0830. The van der Waals surface area contributed by atoms with Gasteiger partial charge in [-0.1, -0.05) is 13.8 Å². The molecule has 3 nitrogen and oxygen atoms in total. The molecule has 4 saturated carbocycles. The number of Topliss-reactive ketones (excluding diaryl/α,β-unsaturated/α-hetero) is 3. The van der Waals surface area contributed by atoms with Gasteiger partial charge in [0.15, 0.2) is 0 Å². The molecule has 4 aliphatic rings. The second-order valence-electron chi connectivity index (χ2n) is 8.77. The van der Waals surface area contributed by atoms with E-state index >= 15 is 0 Å². The molecule has 0 bridgehead atoms. The van der Waals surface area contributed by atoms with Crippen molar-refractivity contribution in [2.24, 2.45) is 34.5 Å². The van der Waals surface area contributed by atoms with Crippen molar-refractivity contribution in [2.75, 3.05) is 0 Å². The number of ketones is 3. The lowest BCUT2D eigenvalue weighted by molar-refractivity contribution is -0.158. The van der Waals surface area contributed by atoms with Crippen molar-refractivity contribution >= 4 is 17.3 Å². The molecule has 0 aromatic carbocycles. The van der Waals surface area contributed by atoms with Gasteiger partial charge in [-0.25, -0.2) is 0 Å². The van der Waals surface area contributed by atoms with Crippen LogP contribution in [-0.2, 0) is 14.4 Å². The number of hydrogen-bond acceptors (Lipinski definition) is 3. The van der Waals surface area contributed by atoms with E-state index in [1.807, 2.05) is 0 Å². The van der Waals surface area contributed by atoms with E-state index in [2.05, 4.69) is 13.8 Å². The Hall–Kier alpha value is -0.990. The van der Waals surface area contributed by atoms with Crippen molar-refractivity contribution < 1.29 is 14.4 Å². The van der Waals surface area contributed by atoms with E-state index in [9.17, 15) is 14.4 Å². The highest BCUT2D eigenvalue weighted by atomic mass is 16.1. The van der Waals surface area contributed by atoms with Crippen LogP contribution in [0.25, 0.3) is 0 Å². The molecule has 4 fully saturated rings. The molecule has 0 N–H and O–H groups in total. The van der Waals surface area contributed by atoms with Crippen molar-refractivity contribution in [1.29, 1.82) is 0 Å². The molecule has 3 heteroatoms. The summed E-state index contributed by atoms with van der Waals surface area (Å²) in [7, 11) is 0. The number of rotatable bonds is 0. The molecule has 4 rings (SSSR count). The fraction of sp³-hybridized carbons (Fsp3) is 0.842. The molecule has 4 aliphatic carbocycles. The SMILES string of the molecule is C[C@]12CCC(=O)C[C@@H]1CC(=O)[C@H]1[C@H]2CC[C@@]2(C)C(=O)CC[C@H]12. The lowest BCUT2D eigenvalue weighted by Crippen LogP contribution is -2.57. The summed E-state index contributed by atoms with van der Waals surface area (Å²) in [6.07, 6.45) is 6.32. The Morgan fingerprint density at radius 2 is 1.68 bits per heavy atom. The van der Waals surface area contributed by atoms with E-state index < -0.39 is 0 Å². The third-order valence-corrected chi connectivity index (χ3v) is 8.00. The highest BCUT2D eigenvalue weighted by Gasteiger charge is 2.62. The normalized spacial score (nSPS) is 51.3. The van der Waals surface area contributed by atoms with Crippen LogP contribution < -0.4 is 0 Å². The van der Waals surface area contributed by atoms with Crippen LogP contribution in [0.3, 0.4) is 0 Å². The maximum absolute atomic E-state index is 12.9. The van der Waals surface area contributed by atoms with E-state index in [1.54, 1.807) is 0 Å². The molecule has 0 unspecified atom stereocenters. The van der Waals surface area contributed by atoms with Crippen LogP contribution >= 0.6 is 0 Å². The molecule has 6 atom stereocenters. The van der Waals surface area contributed by atoms with E-state index in [4.69, 9.17) is 0 Å². The largest absolute Gasteiger partial charge is 0.300 e. The maximum Gasteiger partial charge on any atom is 0.139 e. The average molecular weight is 302 g/mol. The van der Waals surface area contributed by atoms with E-state index in [-0.39, 0.29) is 28.6 Å².